The van der Waals surface area contributed by atoms with Gasteiger partial charge in [0.1, 0.15) is 0 Å². The monoisotopic (exact) mass is 380 g/mol. The molecule has 3 atom stereocenters. The van der Waals surface area contributed by atoms with Crippen molar-refractivity contribution in [2.24, 2.45) is 11.8 Å². The van der Waals surface area contributed by atoms with Crippen LogP contribution in [0.3, 0.4) is 0 Å². The molecule has 0 saturated heterocycles. The number of fused-ring (bicyclic) bond motifs is 1. The maximum Gasteiger partial charge on any atom is 0.231 e. The van der Waals surface area contributed by atoms with Gasteiger partial charge in [-0.3, -0.25) is 9.59 Å². The number of rotatable bonds is 5. The second-order valence-electron chi connectivity index (χ2n) is 7.40. The van der Waals surface area contributed by atoms with Crippen LogP contribution in [-0.2, 0) is 16.0 Å². The zero-order chi connectivity index (χ0) is 19.8. The lowest BCUT2D eigenvalue weighted by molar-refractivity contribution is -0.123. The minimum atomic E-state index is -0.291. The number of nitrogens with zero attached hydrogens (tertiary/aromatic N) is 1. The molecule has 2 aromatic carbocycles. The summed E-state index contributed by atoms with van der Waals surface area (Å²) in [4.78, 5) is 27.5. The maximum absolute atomic E-state index is 13.0. The molecule has 6 heteroatoms. The first-order chi connectivity index (χ1) is 13.5. The summed E-state index contributed by atoms with van der Waals surface area (Å²) in [6.45, 7) is 2.05. The first kappa shape index (κ1) is 18.3. The molecular formula is C22H24N2O4. The van der Waals surface area contributed by atoms with Crippen molar-refractivity contribution >= 4 is 23.2 Å². The van der Waals surface area contributed by atoms with Gasteiger partial charge >= 0.3 is 0 Å². The number of hydrogen-bond donors (Lipinski definition) is 1. The number of carbonyl (C=O) groups is 2. The molecule has 0 spiro atoms. The Hall–Kier alpha value is -3.02. The fourth-order valence-electron chi connectivity index (χ4n) is 3.99. The predicted octanol–water partition coefficient (Wildman–Crippen LogP) is 3.26. The Kier molecular flexibility index (Phi) is 4.71. The minimum absolute atomic E-state index is 0.0462. The third-order valence-corrected chi connectivity index (χ3v) is 5.54. The van der Waals surface area contributed by atoms with Crippen LogP contribution in [-0.4, -0.2) is 32.1 Å². The normalized spacial score (nSPS) is 22.4. The van der Waals surface area contributed by atoms with Crippen molar-refractivity contribution in [1.29, 1.82) is 0 Å². The van der Waals surface area contributed by atoms with Crippen LogP contribution in [0.15, 0.2) is 42.5 Å². The van der Waals surface area contributed by atoms with Crippen LogP contribution in [0, 0.1) is 11.8 Å². The number of amides is 2. The highest BCUT2D eigenvalue weighted by Crippen LogP contribution is 2.44. The van der Waals surface area contributed by atoms with Crippen molar-refractivity contribution in [2.45, 2.75) is 25.8 Å². The summed E-state index contributed by atoms with van der Waals surface area (Å²) in [5.74, 6) is 0.512. The Bertz CT molecular complexity index is 927. The van der Waals surface area contributed by atoms with Gasteiger partial charge in [0.15, 0.2) is 11.5 Å². The van der Waals surface area contributed by atoms with Gasteiger partial charge < -0.3 is 19.7 Å². The number of ether oxygens (including phenoxy) is 2. The molecular weight excluding hydrogens is 356 g/mol. The van der Waals surface area contributed by atoms with Gasteiger partial charge in [0.2, 0.25) is 11.8 Å². The Morgan fingerprint density at radius 2 is 1.79 bits per heavy atom. The van der Waals surface area contributed by atoms with E-state index < -0.39 is 0 Å². The number of nitrogens with one attached hydrogen (secondary N) is 1. The molecule has 0 aromatic heterocycles. The lowest BCUT2D eigenvalue weighted by Crippen LogP contribution is -2.37. The van der Waals surface area contributed by atoms with E-state index in [0.29, 0.717) is 23.6 Å². The van der Waals surface area contributed by atoms with E-state index in [-0.39, 0.29) is 29.7 Å². The van der Waals surface area contributed by atoms with Crippen molar-refractivity contribution in [2.75, 3.05) is 24.4 Å². The number of hydrogen-bond acceptors (Lipinski definition) is 4. The summed E-state index contributed by atoms with van der Waals surface area (Å²) in [7, 11) is 3.11. The molecule has 2 aliphatic rings. The van der Waals surface area contributed by atoms with E-state index >= 15 is 0 Å². The Labute approximate surface area is 164 Å². The number of methoxy groups -OCH3 is 2. The zero-order valence-corrected chi connectivity index (χ0v) is 16.3. The molecule has 1 N–H and O–H groups in total. The van der Waals surface area contributed by atoms with Gasteiger partial charge in [0.25, 0.3) is 0 Å². The lowest BCUT2D eigenvalue weighted by atomic mass is 10.1. The number of para-hydroxylation sites is 1. The highest BCUT2D eigenvalue weighted by molar-refractivity contribution is 6.05. The second kappa shape index (κ2) is 7.19. The van der Waals surface area contributed by atoms with E-state index in [9.17, 15) is 9.59 Å². The van der Waals surface area contributed by atoms with E-state index in [1.165, 1.54) is 5.56 Å². The van der Waals surface area contributed by atoms with E-state index in [4.69, 9.17) is 9.47 Å². The molecule has 1 fully saturated rings. The van der Waals surface area contributed by atoms with Crippen molar-refractivity contribution in [3.05, 3.63) is 48.0 Å². The SMILES string of the molecule is COc1ccc(NC(=O)C2CC2C(=O)N2c3ccccc3CC2C)cc1OC. The Balaban J connectivity index is 1.43. The van der Waals surface area contributed by atoms with Gasteiger partial charge in [0.05, 0.1) is 26.1 Å². The van der Waals surface area contributed by atoms with Gasteiger partial charge in [0, 0.05) is 23.5 Å². The molecule has 2 aromatic rings. The number of carbonyl (C=O) groups excluding carboxylic acids is 2. The first-order valence-corrected chi connectivity index (χ1v) is 9.47. The Morgan fingerprint density at radius 1 is 1.04 bits per heavy atom. The zero-order valence-electron chi connectivity index (χ0n) is 16.3. The van der Waals surface area contributed by atoms with Crippen LogP contribution < -0.4 is 19.7 Å². The third-order valence-electron chi connectivity index (χ3n) is 5.54. The van der Waals surface area contributed by atoms with Gasteiger partial charge in [-0.15, -0.1) is 0 Å². The third kappa shape index (κ3) is 3.19. The van der Waals surface area contributed by atoms with E-state index in [1.807, 2.05) is 23.1 Å². The largest absolute Gasteiger partial charge is 0.493 e. The van der Waals surface area contributed by atoms with Crippen LogP contribution in [0.5, 0.6) is 11.5 Å². The first-order valence-electron chi connectivity index (χ1n) is 9.47. The average Bonchev–Trinajstić information content (AvgIpc) is 3.43. The van der Waals surface area contributed by atoms with Crippen LogP contribution in [0.4, 0.5) is 11.4 Å². The van der Waals surface area contributed by atoms with Gasteiger partial charge in [-0.1, -0.05) is 18.2 Å². The standard InChI is InChI=1S/C22H24N2O4/c1-13-10-14-6-4-5-7-18(14)24(13)22(26)17-12-16(17)21(25)23-15-8-9-19(27-2)20(11-15)28-3/h4-9,11,13,16-17H,10,12H2,1-3H3,(H,23,25). The van der Waals surface area contributed by atoms with Crippen molar-refractivity contribution < 1.29 is 19.1 Å². The number of anilines is 2. The van der Waals surface area contributed by atoms with Crippen molar-refractivity contribution in [1.82, 2.24) is 0 Å². The summed E-state index contributed by atoms with van der Waals surface area (Å²) < 4.78 is 10.5. The van der Waals surface area contributed by atoms with E-state index in [0.717, 1.165) is 12.1 Å². The highest BCUT2D eigenvalue weighted by Gasteiger charge is 2.51. The molecule has 4 rings (SSSR count). The molecule has 0 bridgehead atoms. The van der Waals surface area contributed by atoms with Crippen molar-refractivity contribution in [3.8, 4) is 11.5 Å². The van der Waals surface area contributed by atoms with E-state index in [1.54, 1.807) is 32.4 Å². The molecule has 1 heterocycles. The molecule has 28 heavy (non-hydrogen) atoms. The quantitative estimate of drug-likeness (QED) is 0.865. The second-order valence-corrected chi connectivity index (χ2v) is 7.40. The molecule has 1 saturated carbocycles. The van der Waals surface area contributed by atoms with Crippen molar-refractivity contribution in [3.63, 3.8) is 0 Å². The van der Waals surface area contributed by atoms with Gasteiger partial charge in [-0.25, -0.2) is 0 Å². The van der Waals surface area contributed by atoms with Gasteiger partial charge in [-0.05, 0) is 43.5 Å². The van der Waals surface area contributed by atoms with Gasteiger partial charge in [-0.2, -0.15) is 0 Å². The van der Waals surface area contributed by atoms with Crippen LogP contribution >= 0.6 is 0 Å². The number of benzene rings is 2. The van der Waals surface area contributed by atoms with Crippen LogP contribution in [0.2, 0.25) is 0 Å². The molecule has 146 valence electrons. The highest BCUT2D eigenvalue weighted by atomic mass is 16.5. The molecule has 1 aliphatic carbocycles. The summed E-state index contributed by atoms with van der Waals surface area (Å²) in [5.41, 5.74) is 2.79. The fraction of sp³-hybridized carbons (Fsp3) is 0.364. The molecule has 2 amide bonds. The summed E-state index contributed by atoms with van der Waals surface area (Å²) >= 11 is 0. The fourth-order valence-corrected chi connectivity index (χ4v) is 3.99. The molecule has 0 radical (unpaired) electrons. The van der Waals surface area contributed by atoms with Crippen LogP contribution in [0.25, 0.3) is 0 Å². The summed E-state index contributed by atoms with van der Waals surface area (Å²) in [6, 6.07) is 13.3. The lowest BCUT2D eigenvalue weighted by Gasteiger charge is -2.23. The maximum atomic E-state index is 13.0. The molecule has 6 nitrogen and oxygen atoms in total. The topological polar surface area (TPSA) is 67.9 Å². The van der Waals surface area contributed by atoms with E-state index in [2.05, 4.69) is 18.3 Å². The van der Waals surface area contributed by atoms with Crippen LogP contribution in [0.1, 0.15) is 18.9 Å². The molecule has 3 unspecified atom stereocenters. The summed E-state index contributed by atoms with van der Waals surface area (Å²) in [6.07, 6.45) is 1.44. The average molecular weight is 380 g/mol. The molecule has 1 aliphatic heterocycles. The Morgan fingerprint density at radius 3 is 2.54 bits per heavy atom. The predicted molar refractivity (Wildman–Crippen MR) is 107 cm³/mol. The minimum Gasteiger partial charge on any atom is -0.493 e. The summed E-state index contributed by atoms with van der Waals surface area (Å²) in [5, 5.41) is 2.89. The smallest absolute Gasteiger partial charge is 0.231 e.